The van der Waals surface area contributed by atoms with Crippen LogP contribution in [-0.2, 0) is 13.7 Å². The minimum absolute atomic E-state index is 0.282. The topological polar surface area (TPSA) is 43.4 Å². The van der Waals surface area contributed by atoms with Crippen LogP contribution < -0.4 is 0 Å². The van der Waals surface area contributed by atoms with Gasteiger partial charge in [-0.2, -0.15) is 51.6 Å². The first-order valence-corrected chi connectivity index (χ1v) is 18.9. The summed E-state index contributed by atoms with van der Waals surface area (Å²) >= 11 is 1.05. The maximum atomic E-state index is 14.4. The van der Waals surface area contributed by atoms with E-state index >= 15 is 0 Å². The molecule has 0 spiro atoms. The Bertz CT molecular complexity index is 2370. The smallest absolute Gasteiger partial charge is 0.192 e. The van der Waals surface area contributed by atoms with Gasteiger partial charge in [0, 0.05) is 26.7 Å². The molecule has 0 unspecified atom stereocenters. The third-order valence-corrected chi connectivity index (χ3v) is 11.6. The largest absolute Gasteiger partial charge is 0.460 e. The third kappa shape index (κ3) is 8.02. The Morgan fingerprint density at radius 3 is 1.40 bits per heavy atom. The van der Waals surface area contributed by atoms with Gasteiger partial charge in [-0.3, -0.25) is 0 Å². The fourth-order valence-electron chi connectivity index (χ4n) is 5.47. The van der Waals surface area contributed by atoms with Crippen molar-refractivity contribution < 1.29 is 51.6 Å². The monoisotopic (exact) mass is 820 g/mol. The van der Waals surface area contributed by atoms with Crippen molar-refractivity contribution in [3.63, 3.8) is 0 Å². The second kappa shape index (κ2) is 15.4. The summed E-state index contributed by atoms with van der Waals surface area (Å²) in [5.41, 5.74) is 5.69. The maximum absolute atomic E-state index is 14.4. The molecule has 0 saturated carbocycles. The highest BCUT2D eigenvalue weighted by Gasteiger charge is 2.86. The summed E-state index contributed by atoms with van der Waals surface area (Å²) in [4.78, 5) is 1.48. The standard InChI is InChI=1S/C40H25F9O3S3/c41-37(42,39(45,46)47)38(43,44)40(48,49)55(50,51)52-54-32-21-22-33(28-12-6-2-7-13-28)36(25-32)34-23-20-31(24-35(34)29-14-8-3-9-15-29)53-30-18-16-27(17-19-30)26-10-4-1-5-11-26/h1-25H. The zero-order chi connectivity index (χ0) is 39.6. The van der Waals surface area contributed by atoms with Gasteiger partial charge in [-0.05, 0) is 80.9 Å². The van der Waals surface area contributed by atoms with Gasteiger partial charge in [0.05, 0.1) is 0 Å². The molecule has 15 heteroatoms. The van der Waals surface area contributed by atoms with Gasteiger partial charge in [0.15, 0.2) is 0 Å². The summed E-state index contributed by atoms with van der Waals surface area (Å²) in [7, 11) is -7.11. The average molecular weight is 821 g/mol. The molecule has 0 N–H and O–H groups in total. The normalized spacial score (nSPS) is 12.8. The molecule has 3 nitrogen and oxygen atoms in total. The van der Waals surface area contributed by atoms with Gasteiger partial charge in [0.2, 0.25) is 0 Å². The highest BCUT2D eigenvalue weighted by Crippen LogP contribution is 2.55. The van der Waals surface area contributed by atoms with E-state index < -0.39 is 45.4 Å². The van der Waals surface area contributed by atoms with E-state index in [4.69, 9.17) is 0 Å². The van der Waals surface area contributed by atoms with Crippen LogP contribution in [0.25, 0.3) is 44.5 Å². The molecule has 6 aromatic carbocycles. The number of alkyl halides is 9. The molecule has 6 rings (SSSR count). The van der Waals surface area contributed by atoms with Crippen molar-refractivity contribution >= 4 is 33.9 Å². The lowest BCUT2D eigenvalue weighted by atomic mass is 9.89. The van der Waals surface area contributed by atoms with E-state index in [1.807, 2.05) is 97.1 Å². The van der Waals surface area contributed by atoms with Crippen molar-refractivity contribution in [2.45, 2.75) is 38.0 Å². The maximum Gasteiger partial charge on any atom is 0.460 e. The molecule has 0 amide bonds. The van der Waals surface area contributed by atoms with E-state index in [-0.39, 0.29) is 4.90 Å². The summed E-state index contributed by atoms with van der Waals surface area (Å²) < 4.78 is 150. The zero-order valence-corrected chi connectivity index (χ0v) is 30.2. The third-order valence-electron chi connectivity index (χ3n) is 8.29. The average Bonchev–Trinajstić information content (AvgIpc) is 3.17. The van der Waals surface area contributed by atoms with Crippen molar-refractivity contribution in [1.29, 1.82) is 0 Å². The van der Waals surface area contributed by atoms with Crippen LogP contribution >= 0.6 is 23.8 Å². The van der Waals surface area contributed by atoms with Gasteiger partial charge in [-0.15, -0.1) is 0 Å². The highest BCUT2D eigenvalue weighted by molar-refractivity contribution is 8.04. The number of benzene rings is 6. The summed E-state index contributed by atoms with van der Waals surface area (Å²) in [6.45, 7) is 0. The zero-order valence-electron chi connectivity index (χ0n) is 27.8. The molecule has 0 aliphatic heterocycles. The van der Waals surface area contributed by atoms with E-state index in [1.165, 1.54) is 30.0 Å². The number of hydrogen-bond acceptors (Lipinski definition) is 5. The van der Waals surface area contributed by atoms with E-state index in [9.17, 15) is 47.9 Å². The Kier molecular flexibility index (Phi) is 11.2. The lowest BCUT2D eigenvalue weighted by Gasteiger charge is -2.32. The van der Waals surface area contributed by atoms with Gasteiger partial charge in [0.1, 0.15) is 0 Å². The molecule has 6 aromatic rings. The molecule has 0 aliphatic rings. The van der Waals surface area contributed by atoms with Crippen LogP contribution in [0.5, 0.6) is 0 Å². The number of halogens is 9. The van der Waals surface area contributed by atoms with Crippen LogP contribution in [0.1, 0.15) is 0 Å². The Morgan fingerprint density at radius 2 is 0.855 bits per heavy atom. The van der Waals surface area contributed by atoms with Crippen LogP contribution in [0.3, 0.4) is 0 Å². The Hall–Kier alpha value is -4.70. The molecule has 55 heavy (non-hydrogen) atoms. The van der Waals surface area contributed by atoms with Gasteiger partial charge < -0.3 is 0 Å². The van der Waals surface area contributed by atoms with Crippen molar-refractivity contribution in [3.05, 3.63) is 152 Å². The Balaban J connectivity index is 1.38. The van der Waals surface area contributed by atoms with E-state index in [0.717, 1.165) is 26.5 Å². The van der Waals surface area contributed by atoms with Crippen LogP contribution in [0, 0.1) is 0 Å². The molecule has 0 fully saturated rings. The van der Waals surface area contributed by atoms with E-state index in [1.54, 1.807) is 36.4 Å². The number of rotatable bonds is 12. The van der Waals surface area contributed by atoms with E-state index in [0.29, 0.717) is 27.8 Å². The molecular formula is C40H25F9O3S3. The van der Waals surface area contributed by atoms with Gasteiger partial charge in [-0.1, -0.05) is 127 Å². The minimum Gasteiger partial charge on any atom is -0.192 e. The van der Waals surface area contributed by atoms with Crippen molar-refractivity contribution in [3.8, 4) is 44.5 Å². The molecule has 0 aliphatic carbocycles. The second-order valence-electron chi connectivity index (χ2n) is 11.9. The minimum atomic E-state index is -7.42. The first-order chi connectivity index (χ1) is 25.9. The summed E-state index contributed by atoms with van der Waals surface area (Å²) in [6.07, 6.45) is -7.21. The van der Waals surface area contributed by atoms with Crippen LogP contribution in [0.4, 0.5) is 39.5 Å². The second-order valence-corrected chi connectivity index (χ2v) is 15.7. The Morgan fingerprint density at radius 1 is 0.418 bits per heavy atom. The summed E-state index contributed by atoms with van der Waals surface area (Å²) in [5.74, 6) is -14.8. The van der Waals surface area contributed by atoms with Crippen molar-refractivity contribution in [2.75, 3.05) is 0 Å². The van der Waals surface area contributed by atoms with Crippen LogP contribution in [0.15, 0.2) is 166 Å². The summed E-state index contributed by atoms with van der Waals surface area (Å²) in [6, 6.07) is 45.2. The molecule has 0 bridgehead atoms. The number of hydrogen-bond donors (Lipinski definition) is 0. The molecule has 0 atom stereocenters. The van der Waals surface area contributed by atoms with Crippen LogP contribution in [-0.4, -0.2) is 31.7 Å². The SMILES string of the molecule is O=S(=O)(OSc1ccc(-c2ccccc2)c(-c2ccc(Sc3ccc(-c4ccccc4)cc3)cc2-c2ccccc2)c1)C(F)(F)C(F)(F)C(F)(F)C(F)(F)F. The molecular weight excluding hydrogens is 796 g/mol. The van der Waals surface area contributed by atoms with Gasteiger partial charge in [-0.25, -0.2) is 0 Å². The predicted molar refractivity (Wildman–Crippen MR) is 196 cm³/mol. The molecule has 0 aromatic heterocycles. The first kappa shape index (κ1) is 40.0. The molecule has 0 radical (unpaired) electrons. The van der Waals surface area contributed by atoms with Crippen LogP contribution in [0.2, 0.25) is 0 Å². The highest BCUT2D eigenvalue weighted by atomic mass is 32.3. The predicted octanol–water partition coefficient (Wildman–Crippen LogP) is 13.3. The van der Waals surface area contributed by atoms with Gasteiger partial charge in [0.25, 0.3) is 0 Å². The fraction of sp³-hybridized carbons (Fsp3) is 0.100. The van der Waals surface area contributed by atoms with Crippen molar-refractivity contribution in [1.82, 2.24) is 0 Å². The molecule has 0 heterocycles. The quantitative estimate of drug-likeness (QED) is 0.0909. The fourth-order valence-corrected chi connectivity index (χ4v) is 8.08. The first-order valence-electron chi connectivity index (χ1n) is 16.0. The lowest BCUT2D eigenvalue weighted by molar-refractivity contribution is -0.382. The molecule has 0 saturated heterocycles. The Labute approximate surface area is 318 Å². The van der Waals surface area contributed by atoms with Gasteiger partial charge >= 0.3 is 33.4 Å². The lowest BCUT2D eigenvalue weighted by Crippen LogP contribution is -2.63. The van der Waals surface area contributed by atoms with E-state index in [2.05, 4.69) is 3.63 Å². The molecule has 284 valence electrons. The van der Waals surface area contributed by atoms with Crippen molar-refractivity contribution in [2.24, 2.45) is 0 Å². The summed E-state index contributed by atoms with van der Waals surface area (Å²) in [5, 5.41) is -6.99.